The van der Waals surface area contributed by atoms with Gasteiger partial charge in [0.1, 0.15) is 0 Å². The van der Waals surface area contributed by atoms with Gasteiger partial charge in [0.25, 0.3) is 0 Å². The van der Waals surface area contributed by atoms with E-state index in [4.69, 9.17) is 10.4 Å². The molecule has 1 N–H and O–H groups in total. The Balaban J connectivity index is 2.86. The van der Waals surface area contributed by atoms with Crippen LogP contribution in [0.25, 0.3) is 0 Å². The number of hydrogen-bond acceptors (Lipinski definition) is 2. The van der Waals surface area contributed by atoms with Crippen LogP contribution in [0.15, 0.2) is 24.3 Å². The first-order chi connectivity index (χ1) is 5.77. The largest absolute Gasteiger partial charge is 0.396 e. The van der Waals surface area contributed by atoms with Gasteiger partial charge in [-0.2, -0.15) is 5.26 Å². The fraction of sp³-hybridized carbons (Fsp3) is 0.300. The Hall–Kier alpha value is -1.33. The van der Waals surface area contributed by atoms with E-state index in [2.05, 4.69) is 0 Å². The van der Waals surface area contributed by atoms with E-state index in [9.17, 15) is 0 Å². The van der Waals surface area contributed by atoms with Crippen molar-refractivity contribution in [2.45, 2.75) is 12.8 Å². The van der Waals surface area contributed by atoms with Gasteiger partial charge in [0, 0.05) is 12.5 Å². The van der Waals surface area contributed by atoms with E-state index >= 15 is 0 Å². The molecule has 0 heterocycles. The summed E-state index contributed by atoms with van der Waals surface area (Å²) in [6, 6.07) is 9.33. The molecule has 12 heavy (non-hydrogen) atoms. The monoisotopic (exact) mass is 161 g/mol. The minimum atomic E-state index is 0.145. The molecule has 1 aromatic carbocycles. The molecular formula is C10H11NO. The number of aliphatic hydroxyl groups is 1. The quantitative estimate of drug-likeness (QED) is 0.716. The van der Waals surface area contributed by atoms with Crippen LogP contribution in [0.3, 0.4) is 0 Å². The predicted molar refractivity (Wildman–Crippen MR) is 46.7 cm³/mol. The van der Waals surface area contributed by atoms with Crippen molar-refractivity contribution in [3.05, 3.63) is 35.4 Å². The standard InChI is InChI=1S/C10H11NO/c1-8(7-12)10-4-2-9(6-11)3-5-10/h2-5,8,12H,7H2,1H3/t8-/m1/s1. The molecule has 2 nitrogen and oxygen atoms in total. The van der Waals surface area contributed by atoms with E-state index < -0.39 is 0 Å². The van der Waals surface area contributed by atoms with Crippen LogP contribution in [0, 0.1) is 11.3 Å². The van der Waals surface area contributed by atoms with Crippen molar-refractivity contribution in [3.8, 4) is 6.07 Å². The summed E-state index contributed by atoms with van der Waals surface area (Å²) in [7, 11) is 0. The molecule has 2 heteroatoms. The van der Waals surface area contributed by atoms with Gasteiger partial charge in [-0.1, -0.05) is 19.1 Å². The van der Waals surface area contributed by atoms with Crippen LogP contribution < -0.4 is 0 Å². The van der Waals surface area contributed by atoms with Crippen LogP contribution in [-0.4, -0.2) is 11.7 Å². The van der Waals surface area contributed by atoms with Gasteiger partial charge >= 0.3 is 0 Å². The highest BCUT2D eigenvalue weighted by Gasteiger charge is 2.02. The van der Waals surface area contributed by atoms with Gasteiger partial charge in [0.2, 0.25) is 0 Å². The summed E-state index contributed by atoms with van der Waals surface area (Å²) in [6.07, 6.45) is 0. The molecule has 0 aliphatic heterocycles. The van der Waals surface area contributed by atoms with E-state index in [1.165, 1.54) is 0 Å². The first-order valence-electron chi connectivity index (χ1n) is 3.89. The van der Waals surface area contributed by atoms with Crippen LogP contribution in [0.1, 0.15) is 24.0 Å². The molecule has 0 aromatic heterocycles. The molecule has 1 atom stereocenters. The van der Waals surface area contributed by atoms with Crippen LogP contribution in [0.5, 0.6) is 0 Å². The second kappa shape index (κ2) is 3.89. The molecule has 0 radical (unpaired) electrons. The van der Waals surface area contributed by atoms with Gasteiger partial charge in [-0.3, -0.25) is 0 Å². The highest BCUT2D eigenvalue weighted by atomic mass is 16.3. The molecule has 62 valence electrons. The van der Waals surface area contributed by atoms with Crippen molar-refractivity contribution in [2.75, 3.05) is 6.61 Å². The highest BCUT2D eigenvalue weighted by Crippen LogP contribution is 2.14. The Bertz CT molecular complexity index is 284. The Labute approximate surface area is 72.1 Å². The fourth-order valence-corrected chi connectivity index (χ4v) is 0.992. The van der Waals surface area contributed by atoms with Crippen molar-refractivity contribution in [2.24, 2.45) is 0 Å². The Morgan fingerprint density at radius 3 is 2.42 bits per heavy atom. The average molecular weight is 161 g/mol. The molecule has 1 rings (SSSR count). The van der Waals surface area contributed by atoms with E-state index in [1.54, 1.807) is 12.1 Å². The van der Waals surface area contributed by atoms with Crippen molar-refractivity contribution in [1.82, 2.24) is 0 Å². The van der Waals surface area contributed by atoms with Gasteiger partial charge < -0.3 is 5.11 Å². The van der Waals surface area contributed by atoms with Gasteiger partial charge in [-0.05, 0) is 17.7 Å². The molecule has 0 amide bonds. The number of rotatable bonds is 2. The van der Waals surface area contributed by atoms with E-state index in [1.807, 2.05) is 25.1 Å². The maximum absolute atomic E-state index is 8.85. The Kier molecular flexibility index (Phi) is 2.84. The lowest BCUT2D eigenvalue weighted by molar-refractivity contribution is 0.273. The zero-order valence-electron chi connectivity index (χ0n) is 6.99. The molecule has 0 aliphatic carbocycles. The van der Waals surface area contributed by atoms with Gasteiger partial charge in [0.05, 0.1) is 11.6 Å². The van der Waals surface area contributed by atoms with E-state index in [-0.39, 0.29) is 12.5 Å². The molecule has 0 saturated heterocycles. The maximum atomic E-state index is 8.85. The third kappa shape index (κ3) is 1.84. The first-order valence-corrected chi connectivity index (χ1v) is 3.89. The third-order valence-electron chi connectivity index (χ3n) is 1.88. The number of nitrogens with zero attached hydrogens (tertiary/aromatic N) is 1. The molecule has 0 unspecified atom stereocenters. The van der Waals surface area contributed by atoms with Crippen molar-refractivity contribution >= 4 is 0 Å². The summed E-state index contributed by atoms with van der Waals surface area (Å²) in [6.45, 7) is 2.09. The number of hydrogen-bond donors (Lipinski definition) is 1. The number of benzene rings is 1. The fourth-order valence-electron chi connectivity index (χ4n) is 0.992. The molecule has 0 fully saturated rings. The minimum Gasteiger partial charge on any atom is -0.396 e. The van der Waals surface area contributed by atoms with Crippen LogP contribution >= 0.6 is 0 Å². The molecule has 0 bridgehead atoms. The molecule has 0 aliphatic rings. The summed E-state index contributed by atoms with van der Waals surface area (Å²) in [5.41, 5.74) is 1.72. The molecular weight excluding hydrogens is 150 g/mol. The Morgan fingerprint density at radius 2 is 2.00 bits per heavy atom. The molecule has 1 aromatic rings. The normalized spacial score (nSPS) is 12.1. The second-order valence-electron chi connectivity index (χ2n) is 2.82. The smallest absolute Gasteiger partial charge is 0.0991 e. The summed E-state index contributed by atoms with van der Waals surface area (Å²) in [5.74, 6) is 0.151. The van der Waals surface area contributed by atoms with E-state index in [0.29, 0.717) is 5.56 Å². The van der Waals surface area contributed by atoms with Crippen molar-refractivity contribution in [3.63, 3.8) is 0 Å². The van der Waals surface area contributed by atoms with Crippen molar-refractivity contribution in [1.29, 1.82) is 5.26 Å². The maximum Gasteiger partial charge on any atom is 0.0991 e. The summed E-state index contributed by atoms with van der Waals surface area (Å²) in [4.78, 5) is 0. The van der Waals surface area contributed by atoms with Gasteiger partial charge in [0.15, 0.2) is 0 Å². The SMILES string of the molecule is C[C@H](CO)c1ccc(C#N)cc1. The van der Waals surface area contributed by atoms with Crippen LogP contribution in [0.4, 0.5) is 0 Å². The number of nitriles is 1. The second-order valence-corrected chi connectivity index (χ2v) is 2.82. The van der Waals surface area contributed by atoms with Crippen LogP contribution in [0.2, 0.25) is 0 Å². The topological polar surface area (TPSA) is 44.0 Å². The highest BCUT2D eigenvalue weighted by molar-refractivity contribution is 5.32. The summed E-state index contributed by atoms with van der Waals surface area (Å²) < 4.78 is 0. The van der Waals surface area contributed by atoms with E-state index in [0.717, 1.165) is 5.56 Å². The molecule has 0 spiro atoms. The lowest BCUT2D eigenvalue weighted by Crippen LogP contribution is -1.98. The first kappa shape index (κ1) is 8.76. The lowest BCUT2D eigenvalue weighted by atomic mass is 10.0. The zero-order valence-corrected chi connectivity index (χ0v) is 6.99. The lowest BCUT2D eigenvalue weighted by Gasteiger charge is -2.06. The summed E-state index contributed by atoms with van der Waals surface area (Å²) >= 11 is 0. The molecule has 0 saturated carbocycles. The predicted octanol–water partition coefficient (Wildman–Crippen LogP) is 1.65. The summed E-state index contributed by atoms with van der Waals surface area (Å²) in [5, 5.41) is 17.4. The zero-order chi connectivity index (χ0) is 8.97. The van der Waals surface area contributed by atoms with Crippen LogP contribution in [-0.2, 0) is 0 Å². The third-order valence-corrected chi connectivity index (χ3v) is 1.88. The van der Waals surface area contributed by atoms with Crippen molar-refractivity contribution < 1.29 is 5.11 Å². The minimum absolute atomic E-state index is 0.145. The average Bonchev–Trinajstić information content (AvgIpc) is 2.17. The Morgan fingerprint density at radius 1 is 1.42 bits per heavy atom. The number of aliphatic hydroxyl groups excluding tert-OH is 1. The van der Waals surface area contributed by atoms with Gasteiger partial charge in [-0.25, -0.2) is 0 Å². The van der Waals surface area contributed by atoms with Gasteiger partial charge in [-0.15, -0.1) is 0 Å².